The quantitative estimate of drug-likeness (QED) is 0.188. The predicted molar refractivity (Wildman–Crippen MR) is 124 cm³/mol. The standard InChI is InChI=1S/C23H25IN2O4/c1-15(27)16-7-8-20(21(13-16)28-2)29-12-11-26-10-9-17(14-22(26)24)23-18-5-3-4-6-19(18)30-25-23/h3-8,13,17,22H,9-12,14H2,1-2H3. The molecule has 7 heteroatoms. The number of carbonyl (C=O) groups is 1. The zero-order valence-electron chi connectivity index (χ0n) is 17.1. The molecule has 3 aromatic rings. The van der Waals surface area contributed by atoms with E-state index in [-0.39, 0.29) is 5.78 Å². The molecule has 0 radical (unpaired) electrons. The lowest BCUT2D eigenvalue weighted by Crippen LogP contribution is -2.40. The third-order valence-electron chi connectivity index (χ3n) is 5.64. The van der Waals surface area contributed by atoms with Gasteiger partial charge in [0.2, 0.25) is 0 Å². The molecule has 1 aliphatic rings. The Morgan fingerprint density at radius 2 is 2.10 bits per heavy atom. The van der Waals surface area contributed by atoms with Crippen LogP contribution in [-0.4, -0.2) is 46.7 Å². The number of likely N-dealkylation sites (tertiary alicyclic amines) is 1. The molecule has 0 N–H and O–H groups in total. The van der Waals surface area contributed by atoms with Crippen LogP contribution in [0.1, 0.15) is 41.7 Å². The number of fused-ring (bicyclic) bond motifs is 1. The van der Waals surface area contributed by atoms with Gasteiger partial charge in [-0.15, -0.1) is 0 Å². The molecule has 0 spiro atoms. The molecule has 6 nitrogen and oxygen atoms in total. The number of hydrogen-bond acceptors (Lipinski definition) is 6. The zero-order valence-corrected chi connectivity index (χ0v) is 19.3. The van der Waals surface area contributed by atoms with Crippen LogP contribution in [0.15, 0.2) is 47.0 Å². The van der Waals surface area contributed by atoms with Crippen LogP contribution in [0.4, 0.5) is 0 Å². The highest BCUT2D eigenvalue weighted by atomic mass is 127. The highest BCUT2D eigenvalue weighted by molar-refractivity contribution is 14.1. The summed E-state index contributed by atoms with van der Waals surface area (Å²) >= 11 is 2.51. The highest BCUT2D eigenvalue weighted by Gasteiger charge is 2.30. The number of rotatable bonds is 7. The van der Waals surface area contributed by atoms with E-state index >= 15 is 0 Å². The molecule has 4 rings (SSSR count). The first-order valence-electron chi connectivity index (χ1n) is 10.1. The molecule has 158 valence electrons. The van der Waals surface area contributed by atoms with Crippen molar-refractivity contribution in [2.45, 2.75) is 29.7 Å². The van der Waals surface area contributed by atoms with Crippen molar-refractivity contribution in [3.63, 3.8) is 0 Å². The molecule has 0 aliphatic carbocycles. The van der Waals surface area contributed by atoms with Crippen LogP contribution in [0.25, 0.3) is 11.0 Å². The largest absolute Gasteiger partial charge is 0.493 e. The maximum Gasteiger partial charge on any atom is 0.167 e. The van der Waals surface area contributed by atoms with Gasteiger partial charge in [-0.3, -0.25) is 9.69 Å². The molecule has 0 saturated carbocycles. The van der Waals surface area contributed by atoms with Crippen LogP contribution in [0.5, 0.6) is 11.5 Å². The minimum Gasteiger partial charge on any atom is -0.493 e. The molecule has 0 amide bonds. The summed E-state index contributed by atoms with van der Waals surface area (Å²) in [5.41, 5.74) is 2.56. The first kappa shape index (κ1) is 21.1. The van der Waals surface area contributed by atoms with Crippen LogP contribution in [0, 0.1) is 0 Å². The molecule has 2 aromatic carbocycles. The van der Waals surface area contributed by atoms with Crippen LogP contribution in [0.2, 0.25) is 0 Å². The topological polar surface area (TPSA) is 64.8 Å². The number of hydrogen-bond donors (Lipinski definition) is 0. The molecule has 30 heavy (non-hydrogen) atoms. The number of para-hydroxylation sites is 1. The SMILES string of the molecule is COc1cc(C(C)=O)ccc1OCCN1CCC(c2noc3ccccc23)CC1I. The van der Waals surface area contributed by atoms with Gasteiger partial charge in [-0.05, 0) is 56.6 Å². The highest BCUT2D eigenvalue weighted by Crippen LogP contribution is 2.37. The van der Waals surface area contributed by atoms with Crippen LogP contribution in [0.3, 0.4) is 0 Å². The summed E-state index contributed by atoms with van der Waals surface area (Å²) in [7, 11) is 1.59. The number of alkyl halides is 1. The number of carbonyl (C=O) groups excluding carboxylic acids is 1. The predicted octanol–water partition coefficient (Wildman–Crippen LogP) is 5.06. The van der Waals surface area contributed by atoms with E-state index in [4.69, 9.17) is 14.0 Å². The van der Waals surface area contributed by atoms with E-state index in [2.05, 4.69) is 38.7 Å². The molecule has 1 aliphatic heterocycles. The van der Waals surface area contributed by atoms with E-state index in [0.717, 1.165) is 42.6 Å². The van der Waals surface area contributed by atoms with E-state index in [0.29, 0.717) is 33.6 Å². The Morgan fingerprint density at radius 1 is 1.27 bits per heavy atom. The summed E-state index contributed by atoms with van der Waals surface area (Å²) in [6.45, 7) is 3.93. The van der Waals surface area contributed by atoms with Gasteiger partial charge in [0.05, 0.1) is 16.9 Å². The van der Waals surface area contributed by atoms with Gasteiger partial charge in [-0.25, -0.2) is 0 Å². The number of benzene rings is 2. The average Bonchev–Trinajstić information content (AvgIpc) is 3.19. The molecule has 2 heterocycles. The van der Waals surface area contributed by atoms with Crippen molar-refractivity contribution in [3.05, 3.63) is 53.7 Å². The number of ketones is 1. The van der Waals surface area contributed by atoms with Crippen molar-refractivity contribution in [1.82, 2.24) is 10.1 Å². The third kappa shape index (κ3) is 4.46. The van der Waals surface area contributed by atoms with Gasteiger partial charge in [0.25, 0.3) is 0 Å². The van der Waals surface area contributed by atoms with Gasteiger partial charge in [-0.2, -0.15) is 0 Å². The van der Waals surface area contributed by atoms with Crippen molar-refractivity contribution in [2.24, 2.45) is 0 Å². The van der Waals surface area contributed by atoms with E-state index in [9.17, 15) is 4.79 Å². The van der Waals surface area contributed by atoms with Gasteiger partial charge < -0.3 is 14.0 Å². The van der Waals surface area contributed by atoms with Gasteiger partial charge in [0.1, 0.15) is 6.61 Å². The van der Waals surface area contributed by atoms with Crippen molar-refractivity contribution in [3.8, 4) is 11.5 Å². The van der Waals surface area contributed by atoms with Crippen LogP contribution in [-0.2, 0) is 0 Å². The Labute approximate surface area is 189 Å². The maximum atomic E-state index is 11.6. The lowest BCUT2D eigenvalue weighted by Gasteiger charge is -2.35. The Morgan fingerprint density at radius 3 is 2.87 bits per heavy atom. The van der Waals surface area contributed by atoms with E-state index in [1.165, 1.54) is 0 Å². The summed E-state index contributed by atoms with van der Waals surface area (Å²) in [4.78, 5) is 14.0. The van der Waals surface area contributed by atoms with E-state index < -0.39 is 0 Å². The Bertz CT molecular complexity index is 1030. The smallest absolute Gasteiger partial charge is 0.167 e. The number of Topliss-reactive ketones (excluding diaryl/α,β-unsaturated/α-hetero) is 1. The molecule has 2 unspecified atom stereocenters. The van der Waals surface area contributed by atoms with Crippen molar-refractivity contribution in [1.29, 1.82) is 0 Å². The summed E-state index contributed by atoms with van der Waals surface area (Å²) in [5.74, 6) is 1.67. The van der Waals surface area contributed by atoms with E-state index in [1.807, 2.05) is 18.2 Å². The molecule has 2 atom stereocenters. The second kappa shape index (κ2) is 9.34. The molecular formula is C23H25IN2O4. The van der Waals surface area contributed by atoms with Crippen LogP contribution < -0.4 is 9.47 Å². The monoisotopic (exact) mass is 520 g/mol. The summed E-state index contributed by atoms with van der Waals surface area (Å²) < 4.78 is 17.3. The fourth-order valence-corrected chi connectivity index (χ4v) is 5.11. The molecule has 1 aromatic heterocycles. The average molecular weight is 520 g/mol. The summed E-state index contributed by atoms with van der Waals surface area (Å²) in [6, 6.07) is 13.4. The molecule has 1 fully saturated rings. The number of methoxy groups -OCH3 is 1. The Balaban J connectivity index is 1.33. The van der Waals surface area contributed by atoms with Gasteiger partial charge in [0, 0.05) is 23.4 Å². The zero-order chi connectivity index (χ0) is 21.1. The lowest BCUT2D eigenvalue weighted by molar-refractivity contribution is 0.101. The fraction of sp³-hybridized carbons (Fsp3) is 0.391. The van der Waals surface area contributed by atoms with Gasteiger partial charge in [-0.1, -0.05) is 39.9 Å². The van der Waals surface area contributed by atoms with E-state index in [1.54, 1.807) is 32.2 Å². The third-order valence-corrected chi connectivity index (χ3v) is 6.93. The van der Waals surface area contributed by atoms with Crippen molar-refractivity contribution >= 4 is 39.3 Å². The summed E-state index contributed by atoms with van der Waals surface area (Å²) in [6.07, 6.45) is 2.08. The van der Waals surface area contributed by atoms with Crippen molar-refractivity contribution < 1.29 is 18.8 Å². The number of halogens is 1. The number of aromatic nitrogens is 1. The minimum absolute atomic E-state index is 0.00960. The molecule has 1 saturated heterocycles. The maximum absolute atomic E-state index is 11.6. The second-order valence-electron chi connectivity index (χ2n) is 7.53. The summed E-state index contributed by atoms with van der Waals surface area (Å²) in [5, 5.41) is 5.49. The van der Waals surface area contributed by atoms with Crippen LogP contribution >= 0.6 is 22.6 Å². The number of ether oxygens (including phenoxy) is 2. The Hall–Kier alpha value is -2.13. The van der Waals surface area contributed by atoms with Crippen molar-refractivity contribution in [2.75, 3.05) is 26.8 Å². The lowest BCUT2D eigenvalue weighted by atomic mass is 9.91. The number of piperidine rings is 1. The van der Waals surface area contributed by atoms with Gasteiger partial charge in [0.15, 0.2) is 22.9 Å². The second-order valence-corrected chi connectivity index (χ2v) is 8.96. The first-order chi connectivity index (χ1) is 14.6. The minimum atomic E-state index is 0.00960. The number of nitrogens with zero attached hydrogens (tertiary/aromatic N) is 2. The Kier molecular flexibility index (Phi) is 6.58. The fourth-order valence-electron chi connectivity index (χ4n) is 3.94. The van der Waals surface area contributed by atoms with Gasteiger partial charge >= 0.3 is 0 Å². The normalized spacial score (nSPS) is 19.7. The molecule has 0 bridgehead atoms. The first-order valence-corrected chi connectivity index (χ1v) is 11.4. The molecular weight excluding hydrogens is 495 g/mol.